The second-order valence-corrected chi connectivity index (χ2v) is 5.22. The lowest BCUT2D eigenvalue weighted by Crippen LogP contribution is -2.51. The Labute approximate surface area is 124 Å². The zero-order valence-electron chi connectivity index (χ0n) is 12.1. The van der Waals surface area contributed by atoms with Crippen LogP contribution < -0.4 is 21.1 Å². The van der Waals surface area contributed by atoms with Crippen LogP contribution in [0, 0.1) is 0 Å². The number of nitrogens with one attached hydrogen (secondary N) is 2. The van der Waals surface area contributed by atoms with Gasteiger partial charge in [-0.25, -0.2) is 0 Å². The predicted octanol–water partition coefficient (Wildman–Crippen LogP) is 0.421. The fraction of sp³-hybridized carbons (Fsp3) is 0.467. The molecular weight excluding hydrogens is 270 g/mol. The molecule has 2 rings (SSSR count). The van der Waals surface area contributed by atoms with Gasteiger partial charge >= 0.3 is 0 Å². The van der Waals surface area contributed by atoms with Gasteiger partial charge < -0.3 is 21.1 Å². The SMILES string of the molecule is CC1NCCCC1NC(=O)c1ccccc1OCC(N)=O. The third-order valence-electron chi connectivity index (χ3n) is 3.58. The van der Waals surface area contributed by atoms with Crippen LogP contribution in [0.3, 0.4) is 0 Å². The summed E-state index contributed by atoms with van der Waals surface area (Å²) in [5, 5.41) is 6.35. The number of carbonyl (C=O) groups excluding carboxylic acids is 2. The summed E-state index contributed by atoms with van der Waals surface area (Å²) in [6.07, 6.45) is 1.99. The number of hydrogen-bond donors (Lipinski definition) is 3. The molecule has 1 aliphatic heterocycles. The van der Waals surface area contributed by atoms with Crippen LogP contribution >= 0.6 is 0 Å². The number of ether oxygens (including phenoxy) is 1. The molecule has 4 N–H and O–H groups in total. The molecular formula is C15H21N3O3. The summed E-state index contributed by atoms with van der Waals surface area (Å²) in [4.78, 5) is 23.2. The Bertz CT molecular complexity index is 519. The first-order chi connectivity index (χ1) is 10.1. The van der Waals surface area contributed by atoms with Gasteiger partial charge in [0.1, 0.15) is 5.75 Å². The van der Waals surface area contributed by atoms with Gasteiger partial charge in [-0.15, -0.1) is 0 Å². The molecule has 6 heteroatoms. The number of primary amides is 1. The van der Waals surface area contributed by atoms with Crippen molar-refractivity contribution in [3.05, 3.63) is 29.8 Å². The summed E-state index contributed by atoms with van der Waals surface area (Å²) in [6.45, 7) is 2.79. The molecule has 0 spiro atoms. The quantitative estimate of drug-likeness (QED) is 0.733. The van der Waals surface area contributed by atoms with Gasteiger partial charge in [0, 0.05) is 12.1 Å². The Kier molecular flexibility index (Phi) is 5.16. The lowest BCUT2D eigenvalue weighted by molar-refractivity contribution is -0.119. The topological polar surface area (TPSA) is 93.4 Å². The number of hydrogen-bond acceptors (Lipinski definition) is 4. The van der Waals surface area contributed by atoms with E-state index in [0.717, 1.165) is 19.4 Å². The minimum absolute atomic E-state index is 0.0930. The maximum absolute atomic E-state index is 12.4. The van der Waals surface area contributed by atoms with Crippen LogP contribution in [-0.2, 0) is 4.79 Å². The van der Waals surface area contributed by atoms with Gasteiger partial charge in [-0.05, 0) is 38.4 Å². The van der Waals surface area contributed by atoms with E-state index in [1.165, 1.54) is 0 Å². The summed E-state index contributed by atoms with van der Waals surface area (Å²) in [7, 11) is 0. The number of nitrogens with two attached hydrogens (primary N) is 1. The molecule has 2 amide bonds. The second kappa shape index (κ2) is 7.08. The number of amides is 2. The van der Waals surface area contributed by atoms with Gasteiger partial charge in [0.2, 0.25) is 0 Å². The summed E-state index contributed by atoms with van der Waals surface area (Å²) >= 11 is 0. The molecule has 1 aliphatic rings. The Balaban J connectivity index is 2.06. The van der Waals surface area contributed by atoms with Crippen molar-refractivity contribution in [2.75, 3.05) is 13.2 Å². The zero-order chi connectivity index (χ0) is 15.2. The van der Waals surface area contributed by atoms with E-state index in [2.05, 4.69) is 17.6 Å². The van der Waals surface area contributed by atoms with Crippen LogP contribution in [0.15, 0.2) is 24.3 Å². The summed E-state index contributed by atoms with van der Waals surface area (Å²) in [6, 6.07) is 7.16. The van der Waals surface area contributed by atoms with Gasteiger partial charge in [-0.3, -0.25) is 9.59 Å². The van der Waals surface area contributed by atoms with Gasteiger partial charge in [-0.1, -0.05) is 12.1 Å². The summed E-state index contributed by atoms with van der Waals surface area (Å²) in [5.41, 5.74) is 5.47. The van der Waals surface area contributed by atoms with E-state index in [1.54, 1.807) is 24.3 Å². The fourth-order valence-corrected chi connectivity index (χ4v) is 2.42. The van der Waals surface area contributed by atoms with Crippen LogP contribution in [-0.4, -0.2) is 37.0 Å². The van der Waals surface area contributed by atoms with E-state index >= 15 is 0 Å². The molecule has 1 heterocycles. The number of para-hydroxylation sites is 1. The highest BCUT2D eigenvalue weighted by Gasteiger charge is 2.24. The number of benzene rings is 1. The molecule has 2 unspecified atom stereocenters. The lowest BCUT2D eigenvalue weighted by atomic mass is 9.99. The summed E-state index contributed by atoms with van der Waals surface area (Å²) < 4.78 is 5.28. The van der Waals surface area contributed by atoms with Gasteiger partial charge in [0.25, 0.3) is 11.8 Å². The molecule has 0 aromatic heterocycles. The van der Waals surface area contributed by atoms with Crippen LogP contribution in [0.5, 0.6) is 5.75 Å². The van der Waals surface area contributed by atoms with Crippen LogP contribution in [0.2, 0.25) is 0 Å². The van der Waals surface area contributed by atoms with Crippen molar-refractivity contribution in [3.8, 4) is 5.75 Å². The molecule has 0 bridgehead atoms. The van der Waals surface area contributed by atoms with E-state index in [9.17, 15) is 9.59 Å². The number of rotatable bonds is 5. The highest BCUT2D eigenvalue weighted by atomic mass is 16.5. The van der Waals surface area contributed by atoms with Gasteiger partial charge in [-0.2, -0.15) is 0 Å². The zero-order valence-corrected chi connectivity index (χ0v) is 12.1. The average molecular weight is 291 g/mol. The van der Waals surface area contributed by atoms with E-state index in [1.807, 2.05) is 0 Å². The minimum Gasteiger partial charge on any atom is -0.483 e. The van der Waals surface area contributed by atoms with E-state index in [0.29, 0.717) is 11.3 Å². The fourth-order valence-electron chi connectivity index (χ4n) is 2.42. The van der Waals surface area contributed by atoms with E-state index in [-0.39, 0.29) is 24.6 Å². The number of carbonyl (C=O) groups is 2. The van der Waals surface area contributed by atoms with Crippen molar-refractivity contribution in [1.82, 2.24) is 10.6 Å². The smallest absolute Gasteiger partial charge is 0.255 e. The normalized spacial score (nSPS) is 21.6. The third kappa shape index (κ3) is 4.19. The molecule has 1 aromatic carbocycles. The molecule has 0 saturated carbocycles. The Morgan fingerprint density at radius 2 is 2.19 bits per heavy atom. The van der Waals surface area contributed by atoms with Crippen molar-refractivity contribution >= 4 is 11.8 Å². The molecule has 6 nitrogen and oxygen atoms in total. The van der Waals surface area contributed by atoms with Crippen molar-refractivity contribution < 1.29 is 14.3 Å². The molecule has 1 fully saturated rings. The van der Waals surface area contributed by atoms with Crippen LogP contribution in [0.4, 0.5) is 0 Å². The highest BCUT2D eigenvalue weighted by molar-refractivity contribution is 5.97. The average Bonchev–Trinajstić information content (AvgIpc) is 2.47. The van der Waals surface area contributed by atoms with Crippen molar-refractivity contribution in [1.29, 1.82) is 0 Å². The first kappa shape index (κ1) is 15.3. The van der Waals surface area contributed by atoms with Gasteiger partial charge in [0.05, 0.1) is 5.56 Å². The lowest BCUT2D eigenvalue weighted by Gasteiger charge is -2.30. The Morgan fingerprint density at radius 1 is 1.43 bits per heavy atom. The minimum atomic E-state index is -0.574. The van der Waals surface area contributed by atoms with Gasteiger partial charge in [0.15, 0.2) is 6.61 Å². The molecule has 1 saturated heterocycles. The monoisotopic (exact) mass is 291 g/mol. The predicted molar refractivity (Wildman–Crippen MR) is 79.1 cm³/mol. The van der Waals surface area contributed by atoms with Crippen LogP contribution in [0.1, 0.15) is 30.1 Å². The van der Waals surface area contributed by atoms with Crippen molar-refractivity contribution in [2.45, 2.75) is 31.8 Å². The maximum atomic E-state index is 12.4. The second-order valence-electron chi connectivity index (χ2n) is 5.22. The highest BCUT2D eigenvalue weighted by Crippen LogP contribution is 2.19. The molecule has 0 aliphatic carbocycles. The summed E-state index contributed by atoms with van der Waals surface area (Å²) in [5.74, 6) is -0.406. The Hall–Kier alpha value is -2.08. The molecule has 2 atom stereocenters. The molecule has 114 valence electrons. The van der Waals surface area contributed by atoms with Crippen molar-refractivity contribution in [3.63, 3.8) is 0 Å². The standard InChI is InChI=1S/C15H21N3O3/c1-10-12(6-4-8-17-10)18-15(20)11-5-2-3-7-13(11)21-9-14(16)19/h2-3,5,7,10,12,17H,4,6,8-9H2,1H3,(H2,16,19)(H,18,20). The van der Waals surface area contributed by atoms with E-state index in [4.69, 9.17) is 10.5 Å². The first-order valence-corrected chi connectivity index (χ1v) is 7.12. The Morgan fingerprint density at radius 3 is 2.90 bits per heavy atom. The molecule has 21 heavy (non-hydrogen) atoms. The third-order valence-corrected chi connectivity index (χ3v) is 3.58. The van der Waals surface area contributed by atoms with Crippen molar-refractivity contribution in [2.24, 2.45) is 5.73 Å². The largest absolute Gasteiger partial charge is 0.483 e. The number of piperidine rings is 1. The molecule has 0 radical (unpaired) electrons. The first-order valence-electron chi connectivity index (χ1n) is 7.12. The van der Waals surface area contributed by atoms with Crippen LogP contribution in [0.25, 0.3) is 0 Å². The molecule has 1 aromatic rings. The maximum Gasteiger partial charge on any atom is 0.255 e. The van der Waals surface area contributed by atoms with E-state index < -0.39 is 5.91 Å².